The quantitative estimate of drug-likeness (QED) is 0.713. The first kappa shape index (κ1) is 11.1. The first-order valence-electron chi connectivity index (χ1n) is 5.35. The lowest BCUT2D eigenvalue weighted by atomic mass is 9.95. The van der Waals surface area contributed by atoms with Gasteiger partial charge in [-0.3, -0.25) is 9.79 Å². The zero-order chi connectivity index (χ0) is 11.6. The van der Waals surface area contributed by atoms with E-state index in [0.29, 0.717) is 13.0 Å². The molecule has 2 aliphatic heterocycles. The van der Waals surface area contributed by atoms with Crippen LogP contribution in [0.1, 0.15) is 13.3 Å². The number of methoxy groups -OCH3 is 1. The van der Waals surface area contributed by atoms with Gasteiger partial charge in [0.25, 0.3) is 0 Å². The monoisotopic (exact) mass is 220 g/mol. The highest BCUT2D eigenvalue weighted by molar-refractivity contribution is 5.97. The van der Waals surface area contributed by atoms with E-state index in [9.17, 15) is 4.79 Å². The Balaban J connectivity index is 2.23. The molecule has 0 bridgehead atoms. The number of Topliss-reactive ketones (excluding diaryl/α,β-unsaturated/α-hetero) is 1. The van der Waals surface area contributed by atoms with E-state index in [4.69, 9.17) is 4.74 Å². The van der Waals surface area contributed by atoms with Crippen molar-refractivity contribution in [3.63, 3.8) is 0 Å². The Labute approximate surface area is 95.3 Å². The fourth-order valence-electron chi connectivity index (χ4n) is 2.25. The molecule has 0 spiro atoms. The topological polar surface area (TPSA) is 41.9 Å². The van der Waals surface area contributed by atoms with Crippen LogP contribution < -0.4 is 0 Å². The molecule has 0 fully saturated rings. The number of fused-ring (bicyclic) bond motifs is 1. The zero-order valence-electron chi connectivity index (χ0n) is 9.64. The molecule has 0 aliphatic carbocycles. The molecule has 2 heterocycles. The van der Waals surface area contributed by atoms with Crippen molar-refractivity contribution in [1.82, 2.24) is 4.90 Å². The molecule has 1 unspecified atom stereocenters. The summed E-state index contributed by atoms with van der Waals surface area (Å²) in [7, 11) is 1.64. The van der Waals surface area contributed by atoms with Crippen LogP contribution in [0.15, 0.2) is 29.4 Å². The van der Waals surface area contributed by atoms with Gasteiger partial charge in [0.05, 0.1) is 13.2 Å². The molecule has 4 nitrogen and oxygen atoms in total. The second kappa shape index (κ2) is 4.22. The maximum atomic E-state index is 11.3. The van der Waals surface area contributed by atoms with Crippen molar-refractivity contribution in [3.8, 4) is 0 Å². The summed E-state index contributed by atoms with van der Waals surface area (Å²) in [5.74, 6) is 1.06. The SMILES string of the molecule is COCC1(CC(C)=O)CN2C=CC=CC2=N1. The number of nitrogens with zero attached hydrogens (tertiary/aromatic N) is 2. The van der Waals surface area contributed by atoms with E-state index in [1.165, 1.54) is 0 Å². The standard InChI is InChI=1S/C12H16N2O2/c1-10(15)7-12(9-16-2)8-14-6-4-3-5-11(14)13-12/h3-6H,7-9H2,1-2H3. The first-order chi connectivity index (χ1) is 7.65. The predicted molar refractivity (Wildman–Crippen MR) is 62.3 cm³/mol. The van der Waals surface area contributed by atoms with E-state index in [1.54, 1.807) is 14.0 Å². The second-order valence-electron chi connectivity index (χ2n) is 4.33. The number of rotatable bonds is 4. The highest BCUT2D eigenvalue weighted by Crippen LogP contribution is 2.27. The Kier molecular flexibility index (Phi) is 2.92. The van der Waals surface area contributed by atoms with Gasteiger partial charge in [-0.15, -0.1) is 0 Å². The van der Waals surface area contributed by atoms with E-state index in [0.717, 1.165) is 12.4 Å². The highest BCUT2D eigenvalue weighted by Gasteiger charge is 2.39. The number of aliphatic imine (C=N–C) groups is 1. The third kappa shape index (κ3) is 2.07. The molecule has 0 saturated carbocycles. The number of carbonyl (C=O) groups excluding carboxylic acids is 1. The molecule has 0 aromatic rings. The lowest BCUT2D eigenvalue weighted by molar-refractivity contribution is -0.118. The third-order valence-corrected chi connectivity index (χ3v) is 2.72. The molecule has 0 amide bonds. The predicted octanol–water partition coefficient (Wildman–Crippen LogP) is 1.15. The molecule has 0 N–H and O–H groups in total. The van der Waals surface area contributed by atoms with Crippen LogP contribution in [-0.2, 0) is 9.53 Å². The maximum absolute atomic E-state index is 11.3. The molecule has 0 aromatic heterocycles. The number of hydrogen-bond acceptors (Lipinski definition) is 4. The summed E-state index contributed by atoms with van der Waals surface area (Å²) in [4.78, 5) is 18.0. The zero-order valence-corrected chi connectivity index (χ0v) is 9.64. The van der Waals surface area contributed by atoms with E-state index in [-0.39, 0.29) is 5.78 Å². The third-order valence-electron chi connectivity index (χ3n) is 2.72. The van der Waals surface area contributed by atoms with Crippen LogP contribution in [0.4, 0.5) is 0 Å². The average molecular weight is 220 g/mol. The number of ketones is 1. The lowest BCUT2D eigenvalue weighted by Crippen LogP contribution is -2.39. The summed E-state index contributed by atoms with van der Waals surface area (Å²) < 4.78 is 5.20. The summed E-state index contributed by atoms with van der Waals surface area (Å²) in [5.41, 5.74) is -0.408. The molecule has 2 rings (SSSR count). The van der Waals surface area contributed by atoms with E-state index in [1.807, 2.05) is 24.4 Å². The van der Waals surface area contributed by atoms with Gasteiger partial charge >= 0.3 is 0 Å². The Bertz CT molecular complexity index is 384. The van der Waals surface area contributed by atoms with Crippen molar-refractivity contribution in [3.05, 3.63) is 24.4 Å². The number of allylic oxidation sites excluding steroid dienone is 2. The van der Waals surface area contributed by atoms with Gasteiger partial charge in [0.1, 0.15) is 17.2 Å². The lowest BCUT2D eigenvalue weighted by Gasteiger charge is -2.25. The second-order valence-corrected chi connectivity index (χ2v) is 4.33. The van der Waals surface area contributed by atoms with Gasteiger partial charge in [-0.25, -0.2) is 0 Å². The van der Waals surface area contributed by atoms with Gasteiger partial charge in [-0.2, -0.15) is 0 Å². The first-order valence-corrected chi connectivity index (χ1v) is 5.35. The molecule has 4 heteroatoms. The van der Waals surface area contributed by atoms with Crippen molar-refractivity contribution in [1.29, 1.82) is 0 Å². The highest BCUT2D eigenvalue weighted by atomic mass is 16.5. The minimum absolute atomic E-state index is 0.147. The van der Waals surface area contributed by atoms with Gasteiger partial charge in [-0.05, 0) is 19.1 Å². The molecule has 2 aliphatic rings. The van der Waals surface area contributed by atoms with Gasteiger partial charge in [0.15, 0.2) is 0 Å². The van der Waals surface area contributed by atoms with E-state index >= 15 is 0 Å². The molecule has 86 valence electrons. The summed E-state index contributed by atoms with van der Waals surface area (Å²) >= 11 is 0. The molecular formula is C12H16N2O2. The summed E-state index contributed by atoms with van der Waals surface area (Å²) in [6.45, 7) is 2.80. The van der Waals surface area contributed by atoms with Crippen LogP contribution in [0.2, 0.25) is 0 Å². The van der Waals surface area contributed by atoms with Crippen LogP contribution in [0.25, 0.3) is 0 Å². The smallest absolute Gasteiger partial charge is 0.132 e. The normalized spacial score (nSPS) is 26.9. The van der Waals surface area contributed by atoms with Crippen LogP contribution in [0.3, 0.4) is 0 Å². The number of ether oxygens (including phenoxy) is 1. The van der Waals surface area contributed by atoms with Crippen LogP contribution in [-0.4, -0.2) is 42.3 Å². The molecule has 16 heavy (non-hydrogen) atoms. The fraction of sp³-hybridized carbons (Fsp3) is 0.500. The largest absolute Gasteiger partial charge is 0.382 e. The van der Waals surface area contributed by atoms with Crippen molar-refractivity contribution < 1.29 is 9.53 Å². The van der Waals surface area contributed by atoms with E-state index < -0.39 is 5.54 Å². The summed E-state index contributed by atoms with van der Waals surface area (Å²) in [6.07, 6.45) is 8.29. The van der Waals surface area contributed by atoms with Gasteiger partial charge in [0, 0.05) is 19.7 Å². The number of amidine groups is 1. The van der Waals surface area contributed by atoms with Gasteiger partial charge in [0.2, 0.25) is 0 Å². The molecule has 1 atom stereocenters. The molecule has 0 radical (unpaired) electrons. The minimum atomic E-state index is -0.408. The fourth-order valence-corrected chi connectivity index (χ4v) is 2.25. The minimum Gasteiger partial charge on any atom is -0.382 e. The van der Waals surface area contributed by atoms with Crippen LogP contribution >= 0.6 is 0 Å². The summed E-state index contributed by atoms with van der Waals surface area (Å²) in [5, 5.41) is 0. The van der Waals surface area contributed by atoms with Crippen molar-refractivity contribution in [2.75, 3.05) is 20.3 Å². The number of carbonyl (C=O) groups is 1. The van der Waals surface area contributed by atoms with Crippen LogP contribution in [0.5, 0.6) is 0 Å². The Hall–Kier alpha value is -1.42. The summed E-state index contributed by atoms with van der Waals surface area (Å²) in [6, 6.07) is 0. The Morgan fingerprint density at radius 2 is 2.44 bits per heavy atom. The van der Waals surface area contributed by atoms with E-state index in [2.05, 4.69) is 9.89 Å². The maximum Gasteiger partial charge on any atom is 0.132 e. The van der Waals surface area contributed by atoms with Crippen molar-refractivity contribution >= 4 is 11.6 Å². The van der Waals surface area contributed by atoms with Crippen molar-refractivity contribution in [2.24, 2.45) is 4.99 Å². The van der Waals surface area contributed by atoms with Gasteiger partial charge < -0.3 is 9.64 Å². The number of hydrogen-bond donors (Lipinski definition) is 0. The average Bonchev–Trinajstić information content (AvgIpc) is 2.54. The molecule has 0 aromatic carbocycles. The molecular weight excluding hydrogens is 204 g/mol. The van der Waals surface area contributed by atoms with Crippen molar-refractivity contribution in [2.45, 2.75) is 18.9 Å². The van der Waals surface area contributed by atoms with Crippen LogP contribution in [0, 0.1) is 0 Å². The molecule has 0 saturated heterocycles. The Morgan fingerprint density at radius 1 is 1.62 bits per heavy atom. The van der Waals surface area contributed by atoms with Gasteiger partial charge in [-0.1, -0.05) is 6.08 Å². The Morgan fingerprint density at radius 3 is 3.06 bits per heavy atom.